The minimum Gasteiger partial charge on any atom is -0.349 e. The van der Waals surface area contributed by atoms with Gasteiger partial charge in [-0.05, 0) is 68.0 Å². The molecule has 0 bridgehead atoms. The van der Waals surface area contributed by atoms with Crippen molar-refractivity contribution in [1.82, 2.24) is 23.9 Å². The first kappa shape index (κ1) is 17.7. The quantitative estimate of drug-likeness (QED) is 0.737. The van der Waals surface area contributed by atoms with Gasteiger partial charge in [0, 0.05) is 31.0 Å². The zero-order chi connectivity index (χ0) is 19.1. The second-order valence-electron chi connectivity index (χ2n) is 7.99. The van der Waals surface area contributed by atoms with Crippen LogP contribution in [-0.2, 0) is 6.54 Å². The molecule has 1 aromatic carbocycles. The van der Waals surface area contributed by atoms with Gasteiger partial charge in [-0.25, -0.2) is 0 Å². The van der Waals surface area contributed by atoms with Crippen LogP contribution in [-0.4, -0.2) is 43.2 Å². The highest BCUT2D eigenvalue weighted by Gasteiger charge is 2.44. The van der Waals surface area contributed by atoms with E-state index in [2.05, 4.69) is 42.1 Å². The third-order valence-electron chi connectivity index (χ3n) is 6.16. The number of carbonyl (C=O) groups excluding carboxylic acids is 1. The van der Waals surface area contributed by atoms with E-state index in [1.807, 2.05) is 13.0 Å². The number of pyridine rings is 1. The number of carbonyl (C=O) groups is 1. The highest BCUT2D eigenvalue weighted by molar-refractivity contribution is 7.00. The van der Waals surface area contributed by atoms with Crippen LogP contribution in [0.15, 0.2) is 36.7 Å². The summed E-state index contributed by atoms with van der Waals surface area (Å²) in [5, 5.41) is 3.28. The first-order chi connectivity index (χ1) is 13.7. The Balaban J connectivity index is 1.25. The molecule has 2 fully saturated rings. The summed E-state index contributed by atoms with van der Waals surface area (Å²) >= 11 is 1.27. The van der Waals surface area contributed by atoms with Gasteiger partial charge in [0.2, 0.25) is 0 Å². The summed E-state index contributed by atoms with van der Waals surface area (Å²) in [5.41, 5.74) is 4.92. The Hall–Kier alpha value is -2.38. The van der Waals surface area contributed by atoms with Crippen molar-refractivity contribution in [2.45, 2.75) is 44.8 Å². The molecule has 144 valence electrons. The number of benzene rings is 1. The third kappa shape index (κ3) is 3.29. The summed E-state index contributed by atoms with van der Waals surface area (Å²) in [6, 6.07) is 9.09. The van der Waals surface area contributed by atoms with Gasteiger partial charge in [-0.15, -0.1) is 0 Å². The van der Waals surface area contributed by atoms with Gasteiger partial charge in [-0.1, -0.05) is 6.07 Å². The second-order valence-corrected chi connectivity index (χ2v) is 8.51. The molecule has 1 N–H and O–H groups in total. The number of fused-ring (bicyclic) bond motifs is 2. The molecule has 0 radical (unpaired) electrons. The lowest BCUT2D eigenvalue weighted by Gasteiger charge is -2.24. The molecule has 28 heavy (non-hydrogen) atoms. The zero-order valence-corrected chi connectivity index (χ0v) is 16.7. The van der Waals surface area contributed by atoms with Gasteiger partial charge >= 0.3 is 0 Å². The molecule has 6 nitrogen and oxygen atoms in total. The Morgan fingerprint density at radius 1 is 1.18 bits per heavy atom. The highest BCUT2D eigenvalue weighted by Crippen LogP contribution is 2.39. The molecule has 5 rings (SSSR count). The number of nitrogens with zero attached hydrogens (tertiary/aromatic N) is 4. The second kappa shape index (κ2) is 7.22. The highest BCUT2D eigenvalue weighted by atomic mass is 32.1. The Kier molecular flexibility index (Phi) is 4.56. The number of likely N-dealkylation sites (tertiary alicyclic amines) is 1. The van der Waals surface area contributed by atoms with Crippen molar-refractivity contribution < 1.29 is 4.79 Å². The lowest BCUT2D eigenvalue weighted by molar-refractivity contribution is 0.0926. The standard InChI is InChI=1S/C21H23N5OS/c1-13-8-15(11-22-10-13)21(27)23-17-4-5-20-16(17)6-7-26(20)12-14-2-3-18-19(9-14)25-28-24-18/h2-3,8-11,16-17,20H,4-7,12H2,1H3,(H,23,27)/t16-,17-,20+/m0/s1. The Morgan fingerprint density at radius 3 is 2.96 bits per heavy atom. The average Bonchev–Trinajstić information content (AvgIpc) is 3.40. The number of hydrogen-bond donors (Lipinski definition) is 1. The van der Waals surface area contributed by atoms with Gasteiger partial charge in [0.1, 0.15) is 11.0 Å². The van der Waals surface area contributed by atoms with Crippen LogP contribution in [0.3, 0.4) is 0 Å². The topological polar surface area (TPSA) is 71.0 Å². The van der Waals surface area contributed by atoms with E-state index < -0.39 is 0 Å². The van der Waals surface area contributed by atoms with E-state index in [-0.39, 0.29) is 11.9 Å². The van der Waals surface area contributed by atoms with Crippen LogP contribution in [0.1, 0.15) is 40.7 Å². The normalized spacial score (nSPS) is 24.5. The SMILES string of the molecule is Cc1cncc(C(=O)N[C@H]2CC[C@@H]3[C@H]2CCN3Cc2ccc3nsnc3c2)c1. The van der Waals surface area contributed by atoms with Crippen LogP contribution < -0.4 is 5.32 Å². The molecule has 2 aromatic heterocycles. The molecule has 0 unspecified atom stereocenters. The fraction of sp³-hybridized carbons (Fsp3) is 0.429. The maximum Gasteiger partial charge on any atom is 0.253 e. The molecule has 1 saturated heterocycles. The summed E-state index contributed by atoms with van der Waals surface area (Å²) in [7, 11) is 0. The monoisotopic (exact) mass is 393 g/mol. The molecule has 1 amide bonds. The molecule has 7 heteroatoms. The minimum absolute atomic E-state index is 0.00165. The molecule has 2 aliphatic rings. The summed E-state index contributed by atoms with van der Waals surface area (Å²) in [5.74, 6) is 0.535. The number of hydrogen-bond acceptors (Lipinski definition) is 6. The van der Waals surface area contributed by atoms with E-state index in [1.165, 1.54) is 17.3 Å². The molecular weight excluding hydrogens is 370 g/mol. The lowest BCUT2D eigenvalue weighted by Crippen LogP contribution is -2.39. The van der Waals surface area contributed by atoms with Crippen molar-refractivity contribution in [2.24, 2.45) is 5.92 Å². The van der Waals surface area contributed by atoms with Crippen LogP contribution in [0, 0.1) is 12.8 Å². The molecular formula is C21H23N5OS. The summed E-state index contributed by atoms with van der Waals surface area (Å²) in [6.45, 7) is 3.99. The number of amides is 1. The van der Waals surface area contributed by atoms with E-state index >= 15 is 0 Å². The van der Waals surface area contributed by atoms with E-state index in [0.717, 1.165) is 48.9 Å². The maximum absolute atomic E-state index is 12.6. The molecule has 3 heterocycles. The van der Waals surface area contributed by atoms with E-state index in [1.54, 1.807) is 12.4 Å². The van der Waals surface area contributed by atoms with Gasteiger partial charge < -0.3 is 5.32 Å². The van der Waals surface area contributed by atoms with Gasteiger partial charge in [0.05, 0.1) is 17.3 Å². The summed E-state index contributed by atoms with van der Waals surface area (Å²) in [4.78, 5) is 19.4. The summed E-state index contributed by atoms with van der Waals surface area (Å²) in [6.07, 6.45) is 6.76. The van der Waals surface area contributed by atoms with Crippen molar-refractivity contribution in [2.75, 3.05) is 6.54 Å². The Labute approximate surface area is 168 Å². The van der Waals surface area contributed by atoms with Crippen LogP contribution >= 0.6 is 11.7 Å². The van der Waals surface area contributed by atoms with E-state index in [9.17, 15) is 4.79 Å². The number of aromatic nitrogens is 3. The van der Waals surface area contributed by atoms with Crippen molar-refractivity contribution in [3.63, 3.8) is 0 Å². The number of nitrogens with one attached hydrogen (secondary N) is 1. The summed E-state index contributed by atoms with van der Waals surface area (Å²) < 4.78 is 8.64. The maximum atomic E-state index is 12.6. The van der Waals surface area contributed by atoms with Crippen molar-refractivity contribution in [3.05, 3.63) is 53.3 Å². The van der Waals surface area contributed by atoms with Gasteiger partial charge in [-0.3, -0.25) is 14.7 Å². The third-order valence-corrected chi connectivity index (χ3v) is 6.72. The lowest BCUT2D eigenvalue weighted by atomic mass is 9.99. The molecule has 1 aliphatic heterocycles. The van der Waals surface area contributed by atoms with Crippen molar-refractivity contribution in [1.29, 1.82) is 0 Å². The predicted octanol–water partition coefficient (Wildman–Crippen LogP) is 3.18. The van der Waals surface area contributed by atoms with Gasteiger partial charge in [0.15, 0.2) is 0 Å². The van der Waals surface area contributed by atoms with Gasteiger partial charge in [0.25, 0.3) is 5.91 Å². The Bertz CT molecular complexity index is 1020. The largest absolute Gasteiger partial charge is 0.349 e. The van der Waals surface area contributed by atoms with Crippen LogP contribution in [0.2, 0.25) is 0 Å². The molecule has 3 atom stereocenters. The van der Waals surface area contributed by atoms with E-state index in [4.69, 9.17) is 0 Å². The first-order valence-electron chi connectivity index (χ1n) is 9.85. The smallest absolute Gasteiger partial charge is 0.253 e. The van der Waals surface area contributed by atoms with E-state index in [0.29, 0.717) is 17.5 Å². The van der Waals surface area contributed by atoms with Crippen molar-refractivity contribution in [3.8, 4) is 0 Å². The van der Waals surface area contributed by atoms with Gasteiger partial charge in [-0.2, -0.15) is 8.75 Å². The van der Waals surface area contributed by atoms with Crippen LogP contribution in [0.25, 0.3) is 11.0 Å². The predicted molar refractivity (Wildman–Crippen MR) is 109 cm³/mol. The fourth-order valence-electron chi connectivity index (χ4n) is 4.84. The molecule has 1 aliphatic carbocycles. The molecule has 0 spiro atoms. The number of rotatable bonds is 4. The zero-order valence-electron chi connectivity index (χ0n) is 15.8. The molecule has 3 aromatic rings. The fourth-order valence-corrected chi connectivity index (χ4v) is 5.36. The Morgan fingerprint density at radius 2 is 2.07 bits per heavy atom. The minimum atomic E-state index is 0.00165. The van der Waals surface area contributed by atoms with Crippen molar-refractivity contribution >= 4 is 28.7 Å². The first-order valence-corrected chi connectivity index (χ1v) is 10.6. The number of aryl methyl sites for hydroxylation is 1. The average molecular weight is 394 g/mol. The van der Waals surface area contributed by atoms with Crippen LogP contribution in [0.4, 0.5) is 0 Å². The molecule has 1 saturated carbocycles. The van der Waals surface area contributed by atoms with Crippen LogP contribution in [0.5, 0.6) is 0 Å².